The molecule has 0 amide bonds. The van der Waals surface area contributed by atoms with Crippen LogP contribution in [0.2, 0.25) is 0 Å². The van der Waals surface area contributed by atoms with E-state index in [0.29, 0.717) is 78.9 Å². The first kappa shape index (κ1) is 54.0. The Hall–Kier alpha value is -10.6. The van der Waals surface area contributed by atoms with E-state index in [1.165, 1.54) is 0 Å². The molecular weight excluding hydrogens is 1040 g/mol. The molecule has 4 N–H and O–H groups in total. The van der Waals surface area contributed by atoms with Crippen LogP contribution in [0.1, 0.15) is 52.7 Å². The summed E-state index contributed by atoms with van der Waals surface area (Å²) in [6.07, 6.45) is 6.95. The Kier molecular flexibility index (Phi) is 14.2. The van der Waals surface area contributed by atoms with Gasteiger partial charge in [0.2, 0.25) is 0 Å². The van der Waals surface area contributed by atoms with Crippen molar-refractivity contribution in [1.29, 1.82) is 0 Å². The summed E-state index contributed by atoms with van der Waals surface area (Å²) in [5.41, 5.74) is 16.5. The highest BCUT2D eigenvalue weighted by molar-refractivity contribution is 5.91. The van der Waals surface area contributed by atoms with Crippen molar-refractivity contribution < 1.29 is 20.4 Å². The van der Waals surface area contributed by atoms with Crippen molar-refractivity contribution in [2.75, 3.05) is 0 Å². The number of aromatic nitrogens is 6. The van der Waals surface area contributed by atoms with Gasteiger partial charge < -0.3 is 20.4 Å². The largest absolute Gasteiger partial charge is 0.507 e. The van der Waals surface area contributed by atoms with Gasteiger partial charge in [-0.25, -0.2) is 9.97 Å². The number of pyridine rings is 6. The highest BCUT2D eigenvalue weighted by Gasteiger charge is 2.25. The topological polar surface area (TPSA) is 158 Å². The number of hydrogen-bond donors (Lipinski definition) is 4. The van der Waals surface area contributed by atoms with Crippen molar-refractivity contribution in [3.05, 3.63) is 242 Å². The van der Waals surface area contributed by atoms with Gasteiger partial charge in [-0.15, -0.1) is 0 Å². The molecule has 0 aliphatic rings. The molecule has 6 heterocycles. The van der Waals surface area contributed by atoms with Crippen LogP contribution in [-0.4, -0.2) is 50.3 Å². The van der Waals surface area contributed by atoms with Crippen LogP contribution < -0.4 is 0 Å². The number of nitrogens with zero attached hydrogens (tertiary/aromatic N) is 6. The van der Waals surface area contributed by atoms with Crippen LogP contribution in [0.15, 0.2) is 231 Å². The predicted molar refractivity (Wildman–Crippen MR) is 337 cm³/mol. The molecule has 0 atom stereocenters. The second-order valence-electron chi connectivity index (χ2n) is 23.1. The van der Waals surface area contributed by atoms with Crippen molar-refractivity contribution in [3.8, 4) is 146 Å². The molecule has 0 aliphatic heterocycles. The van der Waals surface area contributed by atoms with Crippen LogP contribution in [0.4, 0.5) is 0 Å². The van der Waals surface area contributed by atoms with E-state index in [0.717, 1.165) is 55.6 Å². The first-order valence-electron chi connectivity index (χ1n) is 27.9. The molecule has 0 aliphatic carbocycles. The van der Waals surface area contributed by atoms with Gasteiger partial charge in [0.05, 0.1) is 45.6 Å². The molecule has 0 saturated heterocycles. The second-order valence-corrected chi connectivity index (χ2v) is 23.1. The van der Waals surface area contributed by atoms with Crippen LogP contribution >= 0.6 is 0 Å². The summed E-state index contributed by atoms with van der Waals surface area (Å²) in [4.78, 5) is 28.1. The average molecular weight is 1100 g/mol. The molecule has 10 nitrogen and oxygen atoms in total. The smallest absolute Gasteiger partial charge is 0.131 e. The van der Waals surface area contributed by atoms with E-state index in [-0.39, 0.29) is 33.8 Å². The van der Waals surface area contributed by atoms with Crippen LogP contribution in [0.5, 0.6) is 23.0 Å². The predicted octanol–water partition coefficient (Wildman–Crippen LogP) is 17.8. The van der Waals surface area contributed by atoms with E-state index >= 15 is 0 Å². The third-order valence-corrected chi connectivity index (χ3v) is 15.2. The van der Waals surface area contributed by atoms with Crippen molar-refractivity contribution in [2.45, 2.75) is 52.4 Å². The van der Waals surface area contributed by atoms with Crippen LogP contribution in [0.25, 0.3) is 123 Å². The molecule has 10 heteroatoms. The molecular formula is C74H60N6O4. The zero-order valence-corrected chi connectivity index (χ0v) is 47.4. The fourth-order valence-electron chi connectivity index (χ4n) is 10.6. The van der Waals surface area contributed by atoms with Gasteiger partial charge in [-0.3, -0.25) is 19.9 Å². The van der Waals surface area contributed by atoms with Crippen LogP contribution in [-0.2, 0) is 10.8 Å². The van der Waals surface area contributed by atoms with Gasteiger partial charge in [0.25, 0.3) is 0 Å². The molecule has 0 spiro atoms. The lowest BCUT2D eigenvalue weighted by molar-refractivity contribution is 0.469. The summed E-state index contributed by atoms with van der Waals surface area (Å²) >= 11 is 0. The Morgan fingerprint density at radius 3 is 0.857 bits per heavy atom. The summed E-state index contributed by atoms with van der Waals surface area (Å²) in [5.74, 6) is 0.0814. The molecule has 0 fully saturated rings. The minimum atomic E-state index is -0.324. The summed E-state index contributed by atoms with van der Waals surface area (Å²) in [6.45, 7) is 12.8. The molecule has 12 rings (SSSR count). The van der Waals surface area contributed by atoms with Gasteiger partial charge in [-0.05, 0) is 200 Å². The average Bonchev–Trinajstić information content (AvgIpc) is 3.70. The van der Waals surface area contributed by atoms with Crippen molar-refractivity contribution in [1.82, 2.24) is 29.9 Å². The molecule has 0 saturated carbocycles. The first-order chi connectivity index (χ1) is 40.5. The molecule has 410 valence electrons. The quantitative estimate of drug-likeness (QED) is 0.0982. The SMILES string of the molecule is CC(C)(C)c1cc(-c2cccc(-c3cccc(-c4cc(C(C)(C)C)cc(-c5ccc(-c6cc(-c7ccccn7)nc(-c7ccccn7)c6)cc5O)c4O)c3)c2)c(O)c(-c2ccc(-c3cc(-c4ccccn4)nc(-c4ccccn4)c3)cc2O)c1. The zero-order chi connectivity index (χ0) is 58.3. The summed E-state index contributed by atoms with van der Waals surface area (Å²) in [6, 6.07) is 65.8. The van der Waals surface area contributed by atoms with Gasteiger partial charge in [0.15, 0.2) is 0 Å². The molecule has 0 radical (unpaired) electrons. The van der Waals surface area contributed by atoms with E-state index in [9.17, 15) is 20.4 Å². The first-order valence-corrected chi connectivity index (χ1v) is 27.9. The van der Waals surface area contributed by atoms with Gasteiger partial charge >= 0.3 is 0 Å². The highest BCUT2D eigenvalue weighted by Crippen LogP contribution is 2.49. The lowest BCUT2D eigenvalue weighted by atomic mass is 9.82. The van der Waals surface area contributed by atoms with E-state index in [1.54, 1.807) is 36.9 Å². The van der Waals surface area contributed by atoms with E-state index in [1.807, 2.05) is 182 Å². The van der Waals surface area contributed by atoms with E-state index in [2.05, 4.69) is 73.6 Å². The molecule has 0 bridgehead atoms. The fraction of sp³-hybridized carbons (Fsp3) is 0.108. The minimum absolute atomic E-state index is 0.00579. The Balaban J connectivity index is 0.893. The number of phenolic OH excluding ortho intramolecular Hbond substituents is 4. The Morgan fingerprint density at radius 1 is 0.250 bits per heavy atom. The number of phenols is 4. The summed E-state index contributed by atoms with van der Waals surface area (Å²) < 4.78 is 0. The highest BCUT2D eigenvalue weighted by atomic mass is 16.3. The lowest BCUT2D eigenvalue weighted by Crippen LogP contribution is -2.11. The molecule has 6 aromatic heterocycles. The molecule has 12 aromatic rings. The van der Waals surface area contributed by atoms with E-state index < -0.39 is 0 Å². The van der Waals surface area contributed by atoms with Crippen molar-refractivity contribution in [2.24, 2.45) is 0 Å². The maximum atomic E-state index is 12.4. The Morgan fingerprint density at radius 2 is 0.560 bits per heavy atom. The second kappa shape index (κ2) is 22.1. The summed E-state index contributed by atoms with van der Waals surface area (Å²) in [5, 5.41) is 48.9. The maximum Gasteiger partial charge on any atom is 0.131 e. The van der Waals surface area contributed by atoms with Crippen LogP contribution in [0, 0.1) is 0 Å². The number of rotatable bonds is 11. The van der Waals surface area contributed by atoms with E-state index in [4.69, 9.17) is 9.97 Å². The number of aromatic hydroxyl groups is 4. The lowest BCUT2D eigenvalue weighted by Gasteiger charge is -2.23. The van der Waals surface area contributed by atoms with Crippen LogP contribution in [0.3, 0.4) is 0 Å². The van der Waals surface area contributed by atoms with Gasteiger partial charge in [-0.1, -0.05) is 114 Å². The Bertz CT molecular complexity index is 4030. The minimum Gasteiger partial charge on any atom is -0.507 e. The number of hydrogen-bond acceptors (Lipinski definition) is 10. The van der Waals surface area contributed by atoms with Crippen molar-refractivity contribution in [3.63, 3.8) is 0 Å². The van der Waals surface area contributed by atoms with Gasteiger partial charge in [0.1, 0.15) is 23.0 Å². The zero-order valence-electron chi connectivity index (χ0n) is 47.4. The molecule has 84 heavy (non-hydrogen) atoms. The third-order valence-electron chi connectivity index (χ3n) is 15.2. The Labute approximate surface area is 488 Å². The van der Waals surface area contributed by atoms with Crippen molar-refractivity contribution >= 4 is 0 Å². The van der Waals surface area contributed by atoms with Gasteiger partial charge in [-0.2, -0.15) is 0 Å². The normalized spacial score (nSPS) is 11.6. The number of benzene rings is 6. The summed E-state index contributed by atoms with van der Waals surface area (Å²) in [7, 11) is 0. The molecule has 6 aromatic carbocycles. The monoisotopic (exact) mass is 1100 g/mol. The van der Waals surface area contributed by atoms with Gasteiger partial charge in [0, 0.05) is 58.2 Å². The standard InChI is InChI=1S/C74H60N6O4/c1-73(2,3)53-41-57(71(83)59(43-53)55-27-25-47(39-69(55)81)51-35-65(61-21-7-11-29-75-61)79-66(36-51)62-22-8-12-30-76-62)49-19-15-17-45(33-49)46-18-16-20-50(34-46)58-42-54(74(4,5)6)44-60(72(58)84)56-28-26-48(40-70(56)82)52-37-67(63-23-9-13-31-77-63)80-68(38-52)64-24-10-14-32-78-64/h7-44,81-84H,1-6H3. The maximum absolute atomic E-state index is 12.4. The third kappa shape index (κ3) is 11.0. The molecule has 0 unspecified atom stereocenters. The fourth-order valence-corrected chi connectivity index (χ4v) is 10.6.